The Morgan fingerprint density at radius 2 is 2.32 bits per heavy atom. The highest BCUT2D eigenvalue weighted by Gasteiger charge is 2.12. The highest BCUT2D eigenvalue weighted by molar-refractivity contribution is 7.10. The molecule has 0 aromatic carbocycles. The van der Waals surface area contributed by atoms with Crippen molar-refractivity contribution in [1.82, 2.24) is 5.32 Å². The van der Waals surface area contributed by atoms with Crippen molar-refractivity contribution in [3.8, 4) is 11.8 Å². The normalized spacial score (nSPS) is 11.3. The second-order valence-corrected chi connectivity index (χ2v) is 4.93. The van der Waals surface area contributed by atoms with E-state index >= 15 is 0 Å². The van der Waals surface area contributed by atoms with Crippen molar-refractivity contribution in [2.45, 2.75) is 25.8 Å². The Balaban J connectivity index is 2.59. The van der Waals surface area contributed by atoms with E-state index in [1.165, 1.54) is 11.3 Å². The van der Waals surface area contributed by atoms with Crippen LogP contribution in [-0.2, 0) is 4.79 Å². The van der Waals surface area contributed by atoms with Crippen LogP contribution in [0.4, 0.5) is 0 Å². The van der Waals surface area contributed by atoms with E-state index in [1.54, 1.807) is 18.4 Å². The molecule has 5 nitrogen and oxygen atoms in total. The summed E-state index contributed by atoms with van der Waals surface area (Å²) in [6.07, 6.45) is 0.522. The van der Waals surface area contributed by atoms with Gasteiger partial charge in [0.15, 0.2) is 0 Å². The molecule has 19 heavy (non-hydrogen) atoms. The third-order valence-electron chi connectivity index (χ3n) is 2.19. The van der Waals surface area contributed by atoms with Gasteiger partial charge >= 0.3 is 0 Å². The molecule has 0 aliphatic heterocycles. The van der Waals surface area contributed by atoms with Crippen molar-refractivity contribution in [2.75, 3.05) is 6.61 Å². The minimum Gasteiger partial charge on any atom is -0.395 e. The van der Waals surface area contributed by atoms with Gasteiger partial charge < -0.3 is 16.2 Å². The van der Waals surface area contributed by atoms with Crippen molar-refractivity contribution < 1.29 is 14.7 Å². The quantitative estimate of drug-likeness (QED) is 0.685. The van der Waals surface area contributed by atoms with E-state index in [0.717, 1.165) is 4.88 Å². The zero-order valence-corrected chi connectivity index (χ0v) is 11.4. The van der Waals surface area contributed by atoms with Gasteiger partial charge in [-0.3, -0.25) is 9.59 Å². The summed E-state index contributed by atoms with van der Waals surface area (Å²) in [5.74, 6) is 4.95. The average Bonchev–Trinajstić information content (AvgIpc) is 2.77. The van der Waals surface area contributed by atoms with E-state index in [-0.39, 0.29) is 25.0 Å². The summed E-state index contributed by atoms with van der Waals surface area (Å²) in [6, 6.07) is 1.38. The molecule has 0 aliphatic carbocycles. The molecule has 4 N–H and O–H groups in total. The monoisotopic (exact) mass is 280 g/mol. The minimum absolute atomic E-state index is 0.0242. The highest BCUT2D eigenvalue weighted by Crippen LogP contribution is 2.13. The number of carbonyl (C=O) groups excluding carboxylic acids is 2. The number of thiophene rings is 1. The first kappa shape index (κ1) is 15.2. The lowest BCUT2D eigenvalue weighted by Crippen LogP contribution is -2.35. The number of hydrogen-bond donors (Lipinski definition) is 3. The maximum absolute atomic E-state index is 11.8. The van der Waals surface area contributed by atoms with E-state index in [2.05, 4.69) is 17.2 Å². The Bertz CT molecular complexity index is 513. The topological polar surface area (TPSA) is 92.4 Å². The van der Waals surface area contributed by atoms with Gasteiger partial charge in [-0.25, -0.2) is 0 Å². The van der Waals surface area contributed by atoms with Crippen molar-refractivity contribution in [1.29, 1.82) is 0 Å². The van der Waals surface area contributed by atoms with Gasteiger partial charge in [-0.15, -0.1) is 11.3 Å². The van der Waals surface area contributed by atoms with Gasteiger partial charge in [0.1, 0.15) is 0 Å². The Labute approximate surface area is 115 Å². The van der Waals surface area contributed by atoms with Gasteiger partial charge in [0.25, 0.3) is 5.91 Å². The Hall–Kier alpha value is -1.84. The molecule has 0 bridgehead atoms. The Kier molecular flexibility index (Phi) is 6.06. The zero-order chi connectivity index (χ0) is 14.3. The van der Waals surface area contributed by atoms with Crippen molar-refractivity contribution in [3.63, 3.8) is 0 Å². The number of amides is 2. The van der Waals surface area contributed by atoms with E-state index in [4.69, 9.17) is 10.8 Å². The molecule has 102 valence electrons. The van der Waals surface area contributed by atoms with Gasteiger partial charge in [-0.2, -0.15) is 0 Å². The van der Waals surface area contributed by atoms with Crippen LogP contribution < -0.4 is 11.1 Å². The lowest BCUT2D eigenvalue weighted by molar-refractivity contribution is -0.118. The summed E-state index contributed by atoms with van der Waals surface area (Å²) in [4.78, 5) is 23.3. The maximum atomic E-state index is 11.8. The second kappa shape index (κ2) is 7.56. The van der Waals surface area contributed by atoms with E-state index in [0.29, 0.717) is 12.0 Å². The fourth-order valence-corrected chi connectivity index (χ4v) is 2.14. The number of nitrogens with two attached hydrogens (primary N) is 1. The first-order chi connectivity index (χ1) is 9.02. The van der Waals surface area contributed by atoms with Crippen LogP contribution >= 0.6 is 11.3 Å². The molecule has 0 aliphatic rings. The maximum Gasteiger partial charge on any atom is 0.252 e. The summed E-state index contributed by atoms with van der Waals surface area (Å²) in [6.45, 7) is 1.74. The smallest absolute Gasteiger partial charge is 0.252 e. The van der Waals surface area contributed by atoms with Crippen LogP contribution in [0, 0.1) is 11.8 Å². The largest absolute Gasteiger partial charge is 0.395 e. The molecule has 1 rings (SSSR count). The van der Waals surface area contributed by atoms with Crippen LogP contribution in [-0.4, -0.2) is 29.6 Å². The van der Waals surface area contributed by atoms with E-state index < -0.39 is 5.91 Å². The SMILES string of the molecule is CC(CC(N)=O)NC(=O)c1csc(C#CCCO)c1. The molecular weight excluding hydrogens is 264 g/mol. The Morgan fingerprint density at radius 3 is 2.95 bits per heavy atom. The molecule has 6 heteroatoms. The van der Waals surface area contributed by atoms with Crippen molar-refractivity contribution in [3.05, 3.63) is 21.9 Å². The fourth-order valence-electron chi connectivity index (χ4n) is 1.39. The first-order valence-electron chi connectivity index (χ1n) is 5.80. The van der Waals surface area contributed by atoms with Crippen molar-refractivity contribution >= 4 is 23.2 Å². The molecule has 1 aromatic rings. The van der Waals surface area contributed by atoms with Gasteiger partial charge in [0, 0.05) is 24.3 Å². The molecule has 2 amide bonds. The third-order valence-corrected chi connectivity index (χ3v) is 3.04. The number of primary amides is 1. The van der Waals surface area contributed by atoms with Gasteiger partial charge in [-0.1, -0.05) is 11.8 Å². The van der Waals surface area contributed by atoms with Gasteiger partial charge in [0.05, 0.1) is 17.0 Å². The van der Waals surface area contributed by atoms with Crippen LogP contribution in [0.1, 0.15) is 35.0 Å². The number of aliphatic hydroxyl groups excluding tert-OH is 1. The van der Waals surface area contributed by atoms with Crippen LogP contribution in [0.2, 0.25) is 0 Å². The molecular formula is C13H16N2O3S. The molecule has 0 spiro atoms. The lowest BCUT2D eigenvalue weighted by Gasteiger charge is -2.10. The third kappa shape index (κ3) is 5.55. The summed E-state index contributed by atoms with van der Waals surface area (Å²) in [5.41, 5.74) is 5.56. The summed E-state index contributed by atoms with van der Waals surface area (Å²) in [5, 5.41) is 13.0. The van der Waals surface area contributed by atoms with Gasteiger partial charge in [-0.05, 0) is 13.0 Å². The molecule has 0 fully saturated rings. The number of carbonyl (C=O) groups is 2. The summed E-state index contributed by atoms with van der Waals surface area (Å²) in [7, 11) is 0. The standard InChI is InChI=1S/C13H16N2O3S/c1-9(6-12(14)17)15-13(18)10-7-11(19-8-10)4-2-3-5-16/h7-9,16H,3,5-6H2,1H3,(H2,14,17)(H,15,18). The fraction of sp³-hybridized carbons (Fsp3) is 0.385. The van der Waals surface area contributed by atoms with Crippen LogP contribution in [0.25, 0.3) is 0 Å². The average molecular weight is 280 g/mol. The van der Waals surface area contributed by atoms with E-state index in [1.807, 2.05) is 0 Å². The van der Waals surface area contributed by atoms with Crippen LogP contribution in [0.5, 0.6) is 0 Å². The number of aliphatic hydroxyl groups is 1. The first-order valence-corrected chi connectivity index (χ1v) is 6.68. The zero-order valence-electron chi connectivity index (χ0n) is 10.6. The molecule has 1 unspecified atom stereocenters. The molecule has 0 radical (unpaired) electrons. The van der Waals surface area contributed by atoms with Crippen molar-refractivity contribution in [2.24, 2.45) is 5.73 Å². The molecule has 0 saturated carbocycles. The number of rotatable bonds is 5. The molecule has 0 saturated heterocycles. The van der Waals surface area contributed by atoms with E-state index in [9.17, 15) is 9.59 Å². The predicted octanol–water partition coefficient (Wildman–Crippen LogP) is 0.476. The van der Waals surface area contributed by atoms with Crippen LogP contribution in [0.3, 0.4) is 0 Å². The number of nitrogens with one attached hydrogen (secondary N) is 1. The molecule has 1 heterocycles. The summed E-state index contributed by atoms with van der Waals surface area (Å²) < 4.78 is 0. The molecule has 1 atom stereocenters. The van der Waals surface area contributed by atoms with Crippen LogP contribution in [0.15, 0.2) is 11.4 Å². The highest BCUT2D eigenvalue weighted by atomic mass is 32.1. The lowest BCUT2D eigenvalue weighted by atomic mass is 10.2. The second-order valence-electron chi connectivity index (χ2n) is 4.02. The minimum atomic E-state index is -0.450. The van der Waals surface area contributed by atoms with Gasteiger partial charge in [0.2, 0.25) is 5.91 Å². The number of hydrogen-bond acceptors (Lipinski definition) is 4. The predicted molar refractivity (Wildman–Crippen MR) is 73.6 cm³/mol. The Morgan fingerprint density at radius 1 is 1.58 bits per heavy atom. The summed E-state index contributed by atoms with van der Waals surface area (Å²) >= 11 is 1.36. The molecule has 1 aromatic heterocycles.